The van der Waals surface area contributed by atoms with Crippen molar-refractivity contribution in [1.29, 1.82) is 5.41 Å². The third-order valence-electron chi connectivity index (χ3n) is 2.31. The fourth-order valence-corrected chi connectivity index (χ4v) is 2.28. The first-order valence-electron chi connectivity index (χ1n) is 6.14. The second kappa shape index (κ2) is 7.93. The summed E-state index contributed by atoms with van der Waals surface area (Å²) in [5.41, 5.74) is 5.61. The Bertz CT molecular complexity index is 599. The van der Waals surface area contributed by atoms with E-state index in [-0.39, 0.29) is 25.5 Å². The number of carbonyl (C=O) groups is 3. The van der Waals surface area contributed by atoms with Crippen LogP contribution in [0.4, 0.5) is 5.13 Å². The van der Waals surface area contributed by atoms with Gasteiger partial charge in [-0.3, -0.25) is 19.8 Å². The highest BCUT2D eigenvalue weighted by molar-refractivity contribution is 7.17. The lowest BCUT2D eigenvalue weighted by molar-refractivity contribution is -0.136. The predicted octanol–water partition coefficient (Wildman–Crippen LogP) is -0.922. The number of hydrogen-bond donors (Lipinski definition) is 6. The van der Waals surface area contributed by atoms with Gasteiger partial charge in [-0.1, -0.05) is 11.3 Å². The van der Waals surface area contributed by atoms with Crippen molar-refractivity contribution in [3.05, 3.63) is 10.6 Å². The molecule has 0 radical (unpaired) electrons. The van der Waals surface area contributed by atoms with E-state index in [4.69, 9.17) is 16.2 Å². The zero-order chi connectivity index (χ0) is 16.7. The van der Waals surface area contributed by atoms with Crippen LogP contribution in [0.5, 0.6) is 0 Å². The van der Waals surface area contributed by atoms with E-state index in [1.807, 2.05) is 0 Å². The molecule has 7 N–H and O–H groups in total. The highest BCUT2D eigenvalue weighted by Gasteiger charge is 2.16. The number of anilines is 1. The van der Waals surface area contributed by atoms with E-state index in [1.54, 1.807) is 6.92 Å². The number of guanidine groups is 1. The van der Waals surface area contributed by atoms with Crippen molar-refractivity contribution in [3.8, 4) is 0 Å². The smallest absolute Gasteiger partial charge is 0.305 e. The average molecular weight is 328 g/mol. The Morgan fingerprint density at radius 1 is 1.36 bits per heavy atom. The predicted molar refractivity (Wildman–Crippen MR) is 80.0 cm³/mol. The first kappa shape index (κ1) is 17.4. The molecule has 1 rings (SSSR count). The summed E-state index contributed by atoms with van der Waals surface area (Å²) < 4.78 is 0. The number of hydrogen-bond acceptors (Lipinski definition) is 6. The molecular weight excluding hydrogens is 312 g/mol. The molecule has 11 heteroatoms. The van der Waals surface area contributed by atoms with Crippen molar-refractivity contribution < 1.29 is 19.5 Å². The number of amides is 2. The molecule has 0 unspecified atom stereocenters. The number of carboxylic acids is 1. The molecule has 0 aliphatic carbocycles. The van der Waals surface area contributed by atoms with Gasteiger partial charge in [-0.2, -0.15) is 0 Å². The molecule has 0 spiro atoms. The van der Waals surface area contributed by atoms with Crippen LogP contribution in [-0.2, 0) is 9.59 Å². The van der Waals surface area contributed by atoms with Gasteiger partial charge >= 0.3 is 5.97 Å². The van der Waals surface area contributed by atoms with E-state index < -0.39 is 17.8 Å². The number of aliphatic carboxylic acids is 1. The summed E-state index contributed by atoms with van der Waals surface area (Å²) in [6.45, 7) is 1.34. The minimum absolute atomic E-state index is 0.00367. The Morgan fingerprint density at radius 3 is 2.64 bits per heavy atom. The highest BCUT2D eigenvalue weighted by Crippen LogP contribution is 2.21. The summed E-state index contributed by atoms with van der Waals surface area (Å²) in [5, 5.41) is 23.1. The SMILES string of the molecule is Cc1nc(NC(=N)N)sc1C(=O)NCC(=O)NCCC(=O)O. The molecule has 1 heterocycles. The highest BCUT2D eigenvalue weighted by atomic mass is 32.1. The third-order valence-corrected chi connectivity index (χ3v) is 3.39. The van der Waals surface area contributed by atoms with E-state index in [9.17, 15) is 14.4 Å². The quantitative estimate of drug-likeness (QED) is 0.277. The topological polar surface area (TPSA) is 170 Å². The van der Waals surface area contributed by atoms with Gasteiger partial charge in [-0.25, -0.2) is 4.98 Å². The fraction of sp³-hybridized carbons (Fsp3) is 0.364. The van der Waals surface area contributed by atoms with Crippen LogP contribution in [0.15, 0.2) is 0 Å². The molecule has 22 heavy (non-hydrogen) atoms. The normalized spacial score (nSPS) is 9.86. The summed E-state index contributed by atoms with van der Waals surface area (Å²) in [7, 11) is 0. The first-order valence-corrected chi connectivity index (χ1v) is 6.96. The molecule has 0 aliphatic rings. The van der Waals surface area contributed by atoms with Crippen molar-refractivity contribution in [2.45, 2.75) is 13.3 Å². The van der Waals surface area contributed by atoms with E-state index in [1.165, 1.54) is 0 Å². The first-order chi connectivity index (χ1) is 10.3. The van der Waals surface area contributed by atoms with E-state index in [2.05, 4.69) is 20.9 Å². The summed E-state index contributed by atoms with van der Waals surface area (Å²) >= 11 is 1.00. The van der Waals surface area contributed by atoms with Crippen molar-refractivity contribution in [2.75, 3.05) is 18.4 Å². The molecule has 0 aliphatic heterocycles. The van der Waals surface area contributed by atoms with E-state index >= 15 is 0 Å². The second-order valence-corrected chi connectivity index (χ2v) is 5.15. The molecule has 0 aromatic carbocycles. The molecule has 120 valence electrons. The number of rotatable bonds is 7. The number of carbonyl (C=O) groups excluding carboxylic acids is 2. The van der Waals surface area contributed by atoms with Gasteiger partial charge in [0.05, 0.1) is 18.7 Å². The van der Waals surface area contributed by atoms with Crippen LogP contribution in [0, 0.1) is 12.3 Å². The maximum absolute atomic E-state index is 11.9. The Balaban J connectivity index is 2.48. The van der Waals surface area contributed by atoms with Gasteiger partial charge in [0.25, 0.3) is 5.91 Å². The lowest BCUT2D eigenvalue weighted by atomic mass is 10.3. The average Bonchev–Trinajstić information content (AvgIpc) is 2.75. The Hall–Kier alpha value is -2.69. The zero-order valence-electron chi connectivity index (χ0n) is 11.7. The number of nitrogens with one attached hydrogen (secondary N) is 4. The molecule has 10 nitrogen and oxygen atoms in total. The molecule has 0 bridgehead atoms. The summed E-state index contributed by atoms with van der Waals surface area (Å²) in [6, 6.07) is 0. The van der Waals surface area contributed by atoms with Gasteiger partial charge in [0.2, 0.25) is 5.91 Å². The lowest BCUT2D eigenvalue weighted by Gasteiger charge is -2.05. The molecule has 1 aromatic heterocycles. The summed E-state index contributed by atoms with van der Waals surface area (Å²) in [4.78, 5) is 37.9. The molecule has 0 fully saturated rings. The molecule has 2 amide bonds. The van der Waals surface area contributed by atoms with Crippen LogP contribution < -0.4 is 21.7 Å². The van der Waals surface area contributed by atoms with Crippen LogP contribution in [0.3, 0.4) is 0 Å². The second-order valence-electron chi connectivity index (χ2n) is 4.15. The van der Waals surface area contributed by atoms with Crippen LogP contribution in [-0.4, -0.2) is 46.9 Å². The molecule has 0 saturated carbocycles. The Morgan fingerprint density at radius 2 is 2.05 bits per heavy atom. The number of nitrogens with two attached hydrogens (primary N) is 1. The van der Waals surface area contributed by atoms with Gasteiger partial charge < -0.3 is 26.8 Å². The van der Waals surface area contributed by atoms with Crippen LogP contribution in [0.1, 0.15) is 21.8 Å². The van der Waals surface area contributed by atoms with Gasteiger partial charge in [-0.15, -0.1) is 0 Å². The Kier molecular flexibility index (Phi) is 6.25. The van der Waals surface area contributed by atoms with Gasteiger partial charge in [0, 0.05) is 6.54 Å². The number of nitrogens with zero attached hydrogens (tertiary/aromatic N) is 1. The van der Waals surface area contributed by atoms with Crippen molar-refractivity contribution >= 4 is 40.2 Å². The van der Waals surface area contributed by atoms with Crippen molar-refractivity contribution in [2.24, 2.45) is 5.73 Å². The molecular formula is C11H16N6O4S. The van der Waals surface area contributed by atoms with Crippen LogP contribution in [0.2, 0.25) is 0 Å². The van der Waals surface area contributed by atoms with E-state index in [0.29, 0.717) is 15.7 Å². The lowest BCUT2D eigenvalue weighted by Crippen LogP contribution is -2.37. The van der Waals surface area contributed by atoms with E-state index in [0.717, 1.165) is 11.3 Å². The maximum Gasteiger partial charge on any atom is 0.305 e. The molecule has 0 atom stereocenters. The van der Waals surface area contributed by atoms with Gasteiger partial charge in [0.1, 0.15) is 4.88 Å². The number of carboxylic acid groups (broad SMARTS) is 1. The number of aryl methyl sites for hydroxylation is 1. The van der Waals surface area contributed by atoms with Crippen molar-refractivity contribution in [3.63, 3.8) is 0 Å². The summed E-state index contributed by atoms with van der Waals surface area (Å²) in [5.74, 6) is -2.28. The minimum Gasteiger partial charge on any atom is -0.481 e. The Labute approximate surface area is 129 Å². The largest absolute Gasteiger partial charge is 0.481 e. The van der Waals surface area contributed by atoms with Gasteiger partial charge in [0.15, 0.2) is 11.1 Å². The number of thiazole rings is 1. The molecule has 0 saturated heterocycles. The third kappa shape index (κ3) is 5.75. The zero-order valence-corrected chi connectivity index (χ0v) is 12.5. The number of aromatic nitrogens is 1. The van der Waals surface area contributed by atoms with Crippen LogP contribution in [0.25, 0.3) is 0 Å². The summed E-state index contributed by atoms with van der Waals surface area (Å²) in [6.07, 6.45) is -0.187. The minimum atomic E-state index is -1.02. The fourth-order valence-electron chi connectivity index (χ4n) is 1.39. The van der Waals surface area contributed by atoms with Gasteiger partial charge in [-0.05, 0) is 6.92 Å². The van der Waals surface area contributed by atoms with Crippen LogP contribution >= 0.6 is 11.3 Å². The maximum atomic E-state index is 11.9. The monoisotopic (exact) mass is 328 g/mol. The standard InChI is InChI=1S/C11H16N6O4S/c1-5-8(22-11(16-5)17-10(12)13)9(21)15-4-6(18)14-3-2-7(19)20/h2-4H2,1H3,(H,14,18)(H,15,21)(H,19,20)(H4,12,13,16,17). The molecule has 1 aromatic rings. The van der Waals surface area contributed by atoms with Crippen molar-refractivity contribution in [1.82, 2.24) is 15.6 Å².